The molecule has 0 aromatic heterocycles. The molecule has 2 aliphatic heterocycles. The summed E-state index contributed by atoms with van der Waals surface area (Å²) in [5.74, 6) is -0.0172. The molecule has 0 aromatic rings. The molecule has 2 heterocycles. The lowest BCUT2D eigenvalue weighted by Crippen LogP contribution is -2.50. The molecule has 1 atom stereocenters. The van der Waals surface area contributed by atoms with E-state index in [2.05, 4.69) is 6.92 Å². The average molecular weight is 288 g/mol. The second-order valence-electron chi connectivity index (χ2n) is 6.19. The van der Waals surface area contributed by atoms with E-state index in [1.54, 1.807) is 4.90 Å². The van der Waals surface area contributed by atoms with Gasteiger partial charge in [-0.25, -0.2) is 8.42 Å². The van der Waals surface area contributed by atoms with Crippen molar-refractivity contribution in [1.29, 1.82) is 0 Å². The Bertz CT molecular complexity index is 439. The molecule has 2 rings (SSSR count). The Morgan fingerprint density at radius 3 is 2.47 bits per heavy atom. The van der Waals surface area contributed by atoms with Gasteiger partial charge in [-0.2, -0.15) is 0 Å². The molecule has 5 nitrogen and oxygen atoms in total. The fourth-order valence-corrected chi connectivity index (χ4v) is 4.78. The highest BCUT2D eigenvalue weighted by atomic mass is 32.2. The number of amides is 1. The van der Waals surface area contributed by atoms with Crippen LogP contribution in [0.4, 0.5) is 0 Å². The molecule has 0 aliphatic carbocycles. The zero-order chi connectivity index (χ0) is 14.1. The van der Waals surface area contributed by atoms with Crippen molar-refractivity contribution < 1.29 is 13.2 Å². The Morgan fingerprint density at radius 1 is 1.32 bits per heavy atom. The fraction of sp³-hybridized carbons (Fsp3) is 0.923. The van der Waals surface area contributed by atoms with Crippen LogP contribution in [-0.2, 0) is 14.6 Å². The predicted octanol–water partition coefficient (Wildman–Crippen LogP) is 0.541. The number of nitrogens with two attached hydrogens (primary N) is 1. The lowest BCUT2D eigenvalue weighted by Gasteiger charge is -2.40. The Hall–Kier alpha value is -0.620. The standard InChI is InChI=1S/C13H24N2O3S/c1-13(10-14)5-7-15(8-6-13)12(16)11-4-2-3-9-19(11,17)18/h11H,2-10,14H2,1H3. The van der Waals surface area contributed by atoms with Crippen LogP contribution >= 0.6 is 0 Å². The lowest BCUT2D eigenvalue weighted by molar-refractivity contribution is -0.133. The van der Waals surface area contributed by atoms with Crippen molar-refractivity contribution in [3.05, 3.63) is 0 Å². The minimum Gasteiger partial charge on any atom is -0.342 e. The zero-order valence-electron chi connectivity index (χ0n) is 11.6. The molecule has 0 bridgehead atoms. The molecule has 2 saturated heterocycles. The molecule has 1 unspecified atom stereocenters. The Kier molecular flexibility index (Phi) is 4.20. The van der Waals surface area contributed by atoms with Gasteiger partial charge in [-0.15, -0.1) is 0 Å². The van der Waals surface area contributed by atoms with Crippen LogP contribution in [0.2, 0.25) is 0 Å². The molecule has 110 valence electrons. The molecule has 0 radical (unpaired) electrons. The van der Waals surface area contributed by atoms with Gasteiger partial charge in [-0.1, -0.05) is 13.3 Å². The molecule has 0 spiro atoms. The maximum absolute atomic E-state index is 12.4. The third-order valence-electron chi connectivity index (χ3n) is 4.63. The number of rotatable bonds is 2. The molecule has 2 aliphatic rings. The minimum atomic E-state index is -3.22. The van der Waals surface area contributed by atoms with E-state index in [9.17, 15) is 13.2 Å². The van der Waals surface area contributed by atoms with E-state index in [-0.39, 0.29) is 17.1 Å². The van der Waals surface area contributed by atoms with Crippen LogP contribution in [-0.4, -0.2) is 49.9 Å². The smallest absolute Gasteiger partial charge is 0.240 e. The van der Waals surface area contributed by atoms with Crippen molar-refractivity contribution in [2.75, 3.05) is 25.4 Å². The molecule has 0 saturated carbocycles. The quantitative estimate of drug-likeness (QED) is 0.804. The summed E-state index contributed by atoms with van der Waals surface area (Å²) >= 11 is 0. The normalized spacial score (nSPS) is 30.0. The summed E-state index contributed by atoms with van der Waals surface area (Å²) in [7, 11) is -3.22. The van der Waals surface area contributed by atoms with E-state index in [0.717, 1.165) is 19.3 Å². The van der Waals surface area contributed by atoms with Crippen LogP contribution in [0.25, 0.3) is 0 Å². The van der Waals surface area contributed by atoms with Crippen molar-refractivity contribution >= 4 is 15.7 Å². The third kappa shape index (κ3) is 3.11. The first kappa shape index (κ1) is 14.8. The summed E-state index contributed by atoms with van der Waals surface area (Å²) in [5, 5.41) is -0.788. The van der Waals surface area contributed by atoms with Crippen LogP contribution in [0, 0.1) is 5.41 Å². The number of sulfone groups is 1. The molecule has 2 fully saturated rings. The number of piperidine rings is 1. The second kappa shape index (κ2) is 5.40. The molecular formula is C13H24N2O3S. The second-order valence-corrected chi connectivity index (χ2v) is 8.49. The first-order chi connectivity index (χ1) is 8.88. The maximum atomic E-state index is 12.4. The third-order valence-corrected chi connectivity index (χ3v) is 6.79. The van der Waals surface area contributed by atoms with Gasteiger partial charge in [-0.3, -0.25) is 4.79 Å². The number of nitrogens with zero attached hydrogens (tertiary/aromatic N) is 1. The van der Waals surface area contributed by atoms with Gasteiger partial charge in [-0.05, 0) is 37.6 Å². The largest absolute Gasteiger partial charge is 0.342 e. The highest BCUT2D eigenvalue weighted by molar-refractivity contribution is 7.92. The van der Waals surface area contributed by atoms with Crippen LogP contribution < -0.4 is 5.73 Å². The van der Waals surface area contributed by atoms with Gasteiger partial charge in [0.2, 0.25) is 5.91 Å². The topological polar surface area (TPSA) is 80.5 Å². The van der Waals surface area contributed by atoms with Crippen molar-refractivity contribution in [2.24, 2.45) is 11.1 Å². The van der Waals surface area contributed by atoms with Crippen LogP contribution in [0.1, 0.15) is 39.0 Å². The van der Waals surface area contributed by atoms with E-state index in [1.165, 1.54) is 0 Å². The van der Waals surface area contributed by atoms with E-state index >= 15 is 0 Å². The highest BCUT2D eigenvalue weighted by Crippen LogP contribution is 2.31. The molecular weight excluding hydrogens is 264 g/mol. The Morgan fingerprint density at radius 2 is 1.95 bits per heavy atom. The van der Waals surface area contributed by atoms with Crippen molar-refractivity contribution in [2.45, 2.75) is 44.3 Å². The fourth-order valence-electron chi connectivity index (χ4n) is 2.91. The molecule has 2 N–H and O–H groups in total. The molecule has 6 heteroatoms. The molecule has 1 amide bonds. The highest BCUT2D eigenvalue weighted by Gasteiger charge is 2.39. The van der Waals surface area contributed by atoms with E-state index in [4.69, 9.17) is 5.73 Å². The lowest BCUT2D eigenvalue weighted by atomic mass is 9.80. The van der Waals surface area contributed by atoms with E-state index in [0.29, 0.717) is 32.5 Å². The van der Waals surface area contributed by atoms with Gasteiger partial charge in [0.1, 0.15) is 5.25 Å². The molecule has 19 heavy (non-hydrogen) atoms. The van der Waals surface area contributed by atoms with Crippen molar-refractivity contribution in [3.8, 4) is 0 Å². The number of carbonyl (C=O) groups excluding carboxylic acids is 1. The summed E-state index contributed by atoms with van der Waals surface area (Å²) < 4.78 is 24.0. The van der Waals surface area contributed by atoms with Crippen molar-refractivity contribution in [1.82, 2.24) is 4.90 Å². The summed E-state index contributed by atoms with van der Waals surface area (Å²) in [5.41, 5.74) is 5.85. The Balaban J connectivity index is 2.01. The van der Waals surface area contributed by atoms with Gasteiger partial charge in [0.05, 0.1) is 5.75 Å². The van der Waals surface area contributed by atoms with Gasteiger partial charge in [0, 0.05) is 13.1 Å². The monoisotopic (exact) mass is 288 g/mol. The van der Waals surface area contributed by atoms with Crippen LogP contribution in [0.3, 0.4) is 0 Å². The average Bonchev–Trinajstić information content (AvgIpc) is 2.38. The Labute approximate surface area is 115 Å². The van der Waals surface area contributed by atoms with Gasteiger partial charge in [0.25, 0.3) is 0 Å². The SMILES string of the molecule is CC1(CN)CCN(C(=O)C2CCCCS2(=O)=O)CC1. The number of hydrogen-bond acceptors (Lipinski definition) is 4. The van der Waals surface area contributed by atoms with Gasteiger partial charge >= 0.3 is 0 Å². The summed E-state index contributed by atoms with van der Waals surface area (Å²) in [6, 6.07) is 0. The van der Waals surface area contributed by atoms with Gasteiger partial charge in [0.15, 0.2) is 9.84 Å². The van der Waals surface area contributed by atoms with Crippen molar-refractivity contribution in [3.63, 3.8) is 0 Å². The van der Waals surface area contributed by atoms with Crippen LogP contribution in [0.5, 0.6) is 0 Å². The summed E-state index contributed by atoms with van der Waals surface area (Å²) in [4.78, 5) is 14.1. The minimum absolute atomic E-state index is 0.0994. The van der Waals surface area contributed by atoms with E-state index < -0.39 is 15.1 Å². The van der Waals surface area contributed by atoms with Gasteiger partial charge < -0.3 is 10.6 Å². The summed E-state index contributed by atoms with van der Waals surface area (Å²) in [6.45, 7) is 4.03. The van der Waals surface area contributed by atoms with Crippen LogP contribution in [0.15, 0.2) is 0 Å². The summed E-state index contributed by atoms with van der Waals surface area (Å²) in [6.07, 6.45) is 3.75. The first-order valence-electron chi connectivity index (χ1n) is 7.08. The predicted molar refractivity (Wildman–Crippen MR) is 74.4 cm³/mol. The maximum Gasteiger partial charge on any atom is 0.240 e. The number of hydrogen-bond donors (Lipinski definition) is 1. The number of likely N-dealkylation sites (tertiary alicyclic amines) is 1. The zero-order valence-corrected chi connectivity index (χ0v) is 12.4. The number of carbonyl (C=O) groups is 1. The first-order valence-corrected chi connectivity index (χ1v) is 8.80. The molecule has 0 aromatic carbocycles. The van der Waals surface area contributed by atoms with E-state index in [1.807, 2.05) is 0 Å².